The van der Waals surface area contributed by atoms with Crippen molar-refractivity contribution in [2.75, 3.05) is 64.5 Å². The predicted octanol–water partition coefficient (Wildman–Crippen LogP) is 6.67. The van der Waals surface area contributed by atoms with Crippen LogP contribution < -0.4 is 14.4 Å². The zero-order chi connectivity index (χ0) is 30.7. The monoisotopic (exact) mass is 619 g/mol. The second kappa shape index (κ2) is 15.9. The van der Waals surface area contributed by atoms with Gasteiger partial charge in [0.2, 0.25) is 0 Å². The summed E-state index contributed by atoms with van der Waals surface area (Å²) in [7, 11) is 1.75. The molecule has 3 aromatic carbocycles. The molecule has 3 aromatic rings. The molecule has 232 valence electrons. The molecule has 44 heavy (non-hydrogen) atoms. The summed E-state index contributed by atoms with van der Waals surface area (Å²) >= 11 is 0.908. The number of hydrogen-bond acceptors (Lipinski definition) is 8. The topological polar surface area (TPSA) is 71.6 Å². The van der Waals surface area contributed by atoms with Gasteiger partial charge in [-0.15, -0.1) is 0 Å². The molecule has 8 nitrogen and oxygen atoms in total. The molecule has 2 aliphatic rings. The number of carbonyl (C=O) groups excluding carboxylic acids is 2. The van der Waals surface area contributed by atoms with E-state index in [1.807, 2.05) is 0 Å². The summed E-state index contributed by atoms with van der Waals surface area (Å²) in [5, 5.41) is -0.345. The van der Waals surface area contributed by atoms with Gasteiger partial charge < -0.3 is 24.0 Å². The number of unbranched alkanes of at least 4 members (excludes halogenated alkanes) is 1. The molecule has 0 atom stereocenters. The van der Waals surface area contributed by atoms with Gasteiger partial charge in [-0.3, -0.25) is 9.59 Å². The molecular weight excluding hydrogens is 581 g/mol. The van der Waals surface area contributed by atoms with Crippen LogP contribution in [0.5, 0.6) is 17.2 Å². The maximum atomic E-state index is 13.1. The molecule has 10 heteroatoms. The minimum atomic E-state index is -0.365. The molecule has 0 unspecified atom stereocenters. The van der Waals surface area contributed by atoms with Crippen molar-refractivity contribution in [2.45, 2.75) is 19.3 Å². The van der Waals surface area contributed by atoms with Gasteiger partial charge in [-0.05, 0) is 110 Å². The van der Waals surface area contributed by atoms with Gasteiger partial charge in [-0.2, -0.15) is 0 Å². The highest BCUT2D eigenvalue weighted by atomic mass is 32.2. The average Bonchev–Trinajstić information content (AvgIpc) is 3.32. The van der Waals surface area contributed by atoms with E-state index in [2.05, 4.69) is 9.80 Å². The molecule has 0 N–H and O–H groups in total. The summed E-state index contributed by atoms with van der Waals surface area (Å²) in [6.07, 6.45) is 4.82. The summed E-state index contributed by atoms with van der Waals surface area (Å²) in [6, 6.07) is 19.9. The zero-order valence-corrected chi connectivity index (χ0v) is 25.8. The molecule has 0 aromatic heterocycles. The zero-order valence-electron chi connectivity index (χ0n) is 25.0. The highest BCUT2D eigenvalue weighted by molar-refractivity contribution is 8.19. The van der Waals surface area contributed by atoms with Gasteiger partial charge >= 0.3 is 0 Å². The third-order valence-electron chi connectivity index (χ3n) is 7.54. The second-order valence-corrected chi connectivity index (χ2v) is 11.7. The first-order valence-electron chi connectivity index (χ1n) is 15.0. The summed E-state index contributed by atoms with van der Waals surface area (Å²) in [5.74, 6) is 1.11. The normalized spacial score (nSPS) is 17.0. The van der Waals surface area contributed by atoms with Gasteiger partial charge in [-0.25, -0.2) is 9.29 Å². The van der Waals surface area contributed by atoms with Crippen molar-refractivity contribution in [1.82, 2.24) is 9.80 Å². The molecule has 2 amide bonds. The minimum Gasteiger partial charge on any atom is -0.494 e. The number of nitrogens with zero attached hydrogens (tertiary/aromatic N) is 3. The lowest BCUT2D eigenvalue weighted by molar-refractivity contribution is -0.113. The van der Waals surface area contributed by atoms with E-state index >= 15 is 0 Å². The number of amides is 2. The average molecular weight is 620 g/mol. The molecular formula is C34H38FN3O5S. The third kappa shape index (κ3) is 8.92. The Bertz CT molecular complexity index is 1410. The standard InChI is InChI=1S/C34H38FN3O5S/c1-41-23-4-18-37-21-19-36(20-22-37)17-2-3-24-42-29-15-9-28(10-16-29)38-33(39)32(44-34(38)40)25-26-5-11-30(12-6-26)43-31-13-7-27(35)8-14-31/h5-16,25H,2-4,17-24H2,1H3. The Morgan fingerprint density at radius 3 is 1.98 bits per heavy atom. The number of benzene rings is 3. The number of piperazine rings is 1. The Morgan fingerprint density at radius 1 is 0.750 bits per heavy atom. The first kappa shape index (κ1) is 31.7. The number of rotatable bonds is 14. The number of ether oxygens (including phenoxy) is 3. The number of halogens is 1. The number of hydrogen-bond donors (Lipinski definition) is 0. The van der Waals surface area contributed by atoms with Crippen LogP contribution in [0.15, 0.2) is 77.7 Å². The van der Waals surface area contributed by atoms with Gasteiger partial charge in [-0.1, -0.05) is 12.1 Å². The summed E-state index contributed by atoms with van der Waals surface area (Å²) in [4.78, 5) is 32.4. The van der Waals surface area contributed by atoms with Crippen LogP contribution in [-0.2, 0) is 9.53 Å². The van der Waals surface area contributed by atoms with Gasteiger partial charge in [0, 0.05) is 46.4 Å². The van der Waals surface area contributed by atoms with Gasteiger partial charge in [0.05, 0.1) is 17.2 Å². The fourth-order valence-electron chi connectivity index (χ4n) is 5.10. The van der Waals surface area contributed by atoms with E-state index in [4.69, 9.17) is 14.2 Å². The number of anilines is 1. The van der Waals surface area contributed by atoms with E-state index in [0.717, 1.165) is 82.5 Å². The number of methoxy groups -OCH3 is 1. The first-order valence-corrected chi connectivity index (χ1v) is 15.8. The van der Waals surface area contributed by atoms with E-state index in [9.17, 15) is 14.0 Å². The van der Waals surface area contributed by atoms with Crippen molar-refractivity contribution in [3.8, 4) is 17.2 Å². The van der Waals surface area contributed by atoms with Crippen LogP contribution in [0.2, 0.25) is 0 Å². The van der Waals surface area contributed by atoms with Crippen LogP contribution in [-0.4, -0.2) is 80.5 Å². The molecule has 0 saturated carbocycles. The van der Waals surface area contributed by atoms with E-state index in [1.165, 1.54) is 17.0 Å². The maximum absolute atomic E-state index is 13.1. The highest BCUT2D eigenvalue weighted by Gasteiger charge is 2.36. The molecule has 0 aliphatic carbocycles. The fraction of sp³-hybridized carbons (Fsp3) is 0.353. The van der Waals surface area contributed by atoms with Crippen molar-refractivity contribution in [1.29, 1.82) is 0 Å². The van der Waals surface area contributed by atoms with Crippen molar-refractivity contribution in [2.24, 2.45) is 0 Å². The van der Waals surface area contributed by atoms with Crippen LogP contribution in [0.4, 0.5) is 14.9 Å². The van der Waals surface area contributed by atoms with Crippen LogP contribution in [0.1, 0.15) is 24.8 Å². The van der Waals surface area contributed by atoms with Gasteiger partial charge in [0.15, 0.2) is 0 Å². The summed E-state index contributed by atoms with van der Waals surface area (Å²) in [5.41, 5.74) is 1.26. The van der Waals surface area contributed by atoms with Crippen molar-refractivity contribution < 1.29 is 28.2 Å². The Kier molecular flexibility index (Phi) is 11.4. The number of carbonyl (C=O) groups is 2. The van der Waals surface area contributed by atoms with Crippen LogP contribution in [0.3, 0.4) is 0 Å². The molecule has 2 aliphatic heterocycles. The predicted molar refractivity (Wildman–Crippen MR) is 172 cm³/mol. The third-order valence-corrected chi connectivity index (χ3v) is 8.41. The molecule has 0 bridgehead atoms. The molecule has 0 radical (unpaired) electrons. The van der Waals surface area contributed by atoms with E-state index in [1.54, 1.807) is 73.8 Å². The Morgan fingerprint density at radius 2 is 1.34 bits per heavy atom. The van der Waals surface area contributed by atoms with Crippen molar-refractivity contribution >= 4 is 34.7 Å². The van der Waals surface area contributed by atoms with Crippen LogP contribution >= 0.6 is 11.8 Å². The largest absolute Gasteiger partial charge is 0.494 e. The van der Waals surface area contributed by atoms with E-state index in [0.29, 0.717) is 34.4 Å². The lowest BCUT2D eigenvalue weighted by Crippen LogP contribution is -2.46. The quantitative estimate of drug-likeness (QED) is 0.146. The highest BCUT2D eigenvalue weighted by Crippen LogP contribution is 2.36. The van der Waals surface area contributed by atoms with Gasteiger partial charge in [0.25, 0.3) is 11.1 Å². The van der Waals surface area contributed by atoms with Crippen LogP contribution in [0.25, 0.3) is 6.08 Å². The Hall–Kier alpha value is -3.70. The second-order valence-electron chi connectivity index (χ2n) is 10.7. The summed E-state index contributed by atoms with van der Waals surface area (Å²) in [6.45, 7) is 8.09. The molecule has 2 saturated heterocycles. The molecule has 0 spiro atoms. The number of thioether (sulfide) groups is 1. The minimum absolute atomic E-state index is 0.331. The number of imide groups is 1. The Balaban J connectivity index is 1.05. The lowest BCUT2D eigenvalue weighted by Gasteiger charge is -2.34. The lowest BCUT2D eigenvalue weighted by atomic mass is 10.2. The van der Waals surface area contributed by atoms with Crippen LogP contribution in [0, 0.1) is 5.82 Å². The SMILES string of the molecule is COCCCN1CCN(CCCCOc2ccc(N3C(=O)SC(=Cc4ccc(Oc5ccc(F)cc5)cc4)C3=O)cc2)CC1. The van der Waals surface area contributed by atoms with Crippen molar-refractivity contribution in [3.05, 3.63) is 89.1 Å². The first-order chi connectivity index (χ1) is 21.5. The smallest absolute Gasteiger partial charge is 0.298 e. The molecule has 2 fully saturated rings. The Labute approximate surface area is 262 Å². The molecule has 5 rings (SSSR count). The maximum Gasteiger partial charge on any atom is 0.298 e. The van der Waals surface area contributed by atoms with Crippen molar-refractivity contribution in [3.63, 3.8) is 0 Å². The summed E-state index contributed by atoms with van der Waals surface area (Å²) < 4.78 is 29.9. The van der Waals surface area contributed by atoms with E-state index < -0.39 is 0 Å². The van der Waals surface area contributed by atoms with E-state index in [-0.39, 0.29) is 17.0 Å². The fourth-order valence-corrected chi connectivity index (χ4v) is 5.94. The van der Waals surface area contributed by atoms with Gasteiger partial charge in [0.1, 0.15) is 23.1 Å². The molecule has 2 heterocycles.